The van der Waals surface area contributed by atoms with Crippen molar-refractivity contribution in [2.24, 2.45) is 17.8 Å². The van der Waals surface area contributed by atoms with Crippen LogP contribution in [0.2, 0.25) is 0 Å². The summed E-state index contributed by atoms with van der Waals surface area (Å²) in [5.41, 5.74) is 6.58. The summed E-state index contributed by atoms with van der Waals surface area (Å²) in [6.45, 7) is 7.27. The van der Waals surface area contributed by atoms with Crippen LogP contribution in [0.1, 0.15) is 51.9 Å². The molecule has 6 atom stereocenters. The zero-order valence-corrected chi connectivity index (χ0v) is 19.9. The number of piperidine rings is 1. The monoisotopic (exact) mass is 449 g/mol. The van der Waals surface area contributed by atoms with Crippen molar-refractivity contribution in [1.29, 1.82) is 0 Å². The van der Waals surface area contributed by atoms with E-state index >= 15 is 0 Å². The predicted molar refractivity (Wildman–Crippen MR) is 124 cm³/mol. The van der Waals surface area contributed by atoms with Crippen molar-refractivity contribution in [3.63, 3.8) is 0 Å². The Morgan fingerprint density at radius 3 is 2.66 bits per heavy atom. The zero-order chi connectivity index (χ0) is 22.5. The van der Waals surface area contributed by atoms with Crippen LogP contribution < -0.4 is 26.8 Å². The molecule has 1 aliphatic carbocycles. The van der Waals surface area contributed by atoms with Crippen molar-refractivity contribution in [2.75, 3.05) is 46.4 Å². The van der Waals surface area contributed by atoms with Crippen molar-refractivity contribution in [2.45, 2.75) is 70.1 Å². The molecule has 9 nitrogen and oxygen atoms in total. The summed E-state index contributed by atoms with van der Waals surface area (Å²) in [5, 5.41) is 10.0. The van der Waals surface area contributed by atoms with Gasteiger partial charge in [-0.2, -0.15) is 0 Å². The van der Waals surface area contributed by atoms with Gasteiger partial charge in [-0.3, -0.25) is 14.5 Å². The van der Waals surface area contributed by atoms with E-state index in [9.17, 15) is 9.59 Å². The van der Waals surface area contributed by atoms with Gasteiger partial charge in [-0.05, 0) is 57.5 Å². The van der Waals surface area contributed by atoms with Gasteiger partial charge < -0.3 is 20.9 Å². The van der Waals surface area contributed by atoms with Crippen LogP contribution >= 0.6 is 0 Å². The normalized spacial score (nSPS) is 35.4. The summed E-state index contributed by atoms with van der Waals surface area (Å²) in [6, 6.07) is 0.00275. The van der Waals surface area contributed by atoms with E-state index < -0.39 is 0 Å². The van der Waals surface area contributed by atoms with Gasteiger partial charge in [0.15, 0.2) is 0 Å². The summed E-state index contributed by atoms with van der Waals surface area (Å²) < 4.78 is 0. The first kappa shape index (κ1) is 23.9. The van der Waals surface area contributed by atoms with Gasteiger partial charge in [-0.1, -0.05) is 19.8 Å². The number of amides is 2. The van der Waals surface area contributed by atoms with Gasteiger partial charge in [0.2, 0.25) is 11.8 Å². The average Bonchev–Trinajstić information content (AvgIpc) is 3.23. The van der Waals surface area contributed by atoms with E-state index in [1.807, 2.05) is 4.90 Å². The smallest absolute Gasteiger partial charge is 0.237 e. The first-order valence-electron chi connectivity index (χ1n) is 12.7. The van der Waals surface area contributed by atoms with E-state index in [1.54, 1.807) is 0 Å². The van der Waals surface area contributed by atoms with E-state index in [-0.39, 0.29) is 29.8 Å². The van der Waals surface area contributed by atoms with Gasteiger partial charge in [0.05, 0.1) is 18.9 Å². The van der Waals surface area contributed by atoms with Crippen molar-refractivity contribution in [3.05, 3.63) is 0 Å². The van der Waals surface area contributed by atoms with E-state index in [0.717, 1.165) is 65.1 Å². The Bertz CT molecular complexity index is 642. The Morgan fingerprint density at radius 2 is 1.91 bits per heavy atom. The molecule has 0 aromatic rings. The summed E-state index contributed by atoms with van der Waals surface area (Å²) in [7, 11) is 2.14. The molecule has 5 unspecified atom stereocenters. The maximum atomic E-state index is 13.1. The minimum Gasteiger partial charge on any atom is -0.352 e. The van der Waals surface area contributed by atoms with Gasteiger partial charge in [-0.25, -0.2) is 10.9 Å². The van der Waals surface area contributed by atoms with Crippen LogP contribution in [0.3, 0.4) is 0 Å². The molecule has 4 aliphatic rings. The number of nitrogens with one attached hydrogen (secondary N) is 5. The van der Waals surface area contributed by atoms with E-state index in [4.69, 9.17) is 0 Å². The summed E-state index contributed by atoms with van der Waals surface area (Å²) in [5.74, 6) is 1.54. The number of carbonyl (C=O) groups excluding carboxylic acids is 2. The molecule has 4 rings (SSSR count). The summed E-state index contributed by atoms with van der Waals surface area (Å²) in [6.07, 6.45) is 7.50. The van der Waals surface area contributed by atoms with Crippen LogP contribution in [0.25, 0.3) is 0 Å². The maximum absolute atomic E-state index is 13.1. The van der Waals surface area contributed by atoms with Crippen molar-refractivity contribution in [1.82, 2.24) is 36.6 Å². The predicted octanol–water partition coefficient (Wildman–Crippen LogP) is -0.189. The number of rotatable bonds is 6. The van der Waals surface area contributed by atoms with Gasteiger partial charge in [0.25, 0.3) is 0 Å². The lowest BCUT2D eigenvalue weighted by molar-refractivity contribution is -0.138. The molecule has 32 heavy (non-hydrogen) atoms. The second-order valence-corrected chi connectivity index (χ2v) is 10.4. The highest BCUT2D eigenvalue weighted by atomic mass is 16.2. The minimum atomic E-state index is -0.249. The zero-order valence-electron chi connectivity index (χ0n) is 19.9. The molecular formula is C23H43N7O2. The number of hydrogen-bond acceptors (Lipinski definition) is 7. The largest absolute Gasteiger partial charge is 0.352 e. The lowest BCUT2D eigenvalue weighted by Gasteiger charge is -2.37. The second kappa shape index (κ2) is 11.2. The molecule has 9 heteroatoms. The molecule has 0 aromatic heterocycles. The molecule has 182 valence electrons. The molecule has 0 aromatic carbocycles. The van der Waals surface area contributed by atoms with Crippen LogP contribution in [-0.2, 0) is 9.59 Å². The van der Waals surface area contributed by atoms with E-state index in [1.165, 1.54) is 12.8 Å². The third-order valence-corrected chi connectivity index (χ3v) is 8.09. The topological polar surface area (TPSA) is 101 Å². The quantitative estimate of drug-likeness (QED) is 0.383. The molecule has 1 saturated carbocycles. The second-order valence-electron chi connectivity index (χ2n) is 10.4. The van der Waals surface area contributed by atoms with Crippen LogP contribution in [0, 0.1) is 17.8 Å². The molecule has 3 saturated heterocycles. The fourth-order valence-electron chi connectivity index (χ4n) is 5.95. The van der Waals surface area contributed by atoms with Gasteiger partial charge in [0, 0.05) is 38.1 Å². The van der Waals surface area contributed by atoms with E-state index in [2.05, 4.69) is 45.7 Å². The molecule has 2 amide bonds. The SMILES string of the molecule is C[C@H](CC1NNCN1C)C1CCCC(NC(=O)C2CC(C(=O)N3CCNCC3)CCN2)C1. The van der Waals surface area contributed by atoms with Crippen LogP contribution in [-0.4, -0.2) is 86.3 Å². The summed E-state index contributed by atoms with van der Waals surface area (Å²) in [4.78, 5) is 30.3. The first-order chi connectivity index (χ1) is 15.5. The Balaban J connectivity index is 1.25. The van der Waals surface area contributed by atoms with Crippen molar-refractivity contribution >= 4 is 11.8 Å². The Labute approximate surface area is 192 Å². The summed E-state index contributed by atoms with van der Waals surface area (Å²) >= 11 is 0. The minimum absolute atomic E-state index is 0.0336. The van der Waals surface area contributed by atoms with Crippen molar-refractivity contribution < 1.29 is 9.59 Å². The van der Waals surface area contributed by atoms with Crippen molar-refractivity contribution in [3.8, 4) is 0 Å². The average molecular weight is 450 g/mol. The fourth-order valence-corrected chi connectivity index (χ4v) is 5.95. The van der Waals surface area contributed by atoms with Gasteiger partial charge in [0.1, 0.15) is 0 Å². The molecule has 0 radical (unpaired) electrons. The maximum Gasteiger partial charge on any atom is 0.237 e. The highest BCUT2D eigenvalue weighted by Crippen LogP contribution is 2.33. The third kappa shape index (κ3) is 5.99. The first-order valence-corrected chi connectivity index (χ1v) is 12.7. The molecule has 5 N–H and O–H groups in total. The lowest BCUT2D eigenvalue weighted by atomic mass is 9.77. The molecule has 4 fully saturated rings. The molecule has 0 bridgehead atoms. The fraction of sp³-hybridized carbons (Fsp3) is 0.913. The standard InChI is InChI=1S/C23H43N7O2/c1-16(12-21-28-26-15-29(21)2)17-4-3-5-19(13-17)27-22(31)20-14-18(6-7-25-20)23(32)30-10-8-24-9-11-30/h16-21,24-26,28H,3-15H2,1-2H3,(H,27,31)/t16-,17?,18?,19?,20?,21?/m1/s1. The van der Waals surface area contributed by atoms with Gasteiger partial charge in [-0.15, -0.1) is 0 Å². The third-order valence-electron chi connectivity index (χ3n) is 8.09. The van der Waals surface area contributed by atoms with Crippen LogP contribution in [0.5, 0.6) is 0 Å². The number of carbonyl (C=O) groups is 2. The number of piperazine rings is 1. The van der Waals surface area contributed by atoms with E-state index in [0.29, 0.717) is 24.4 Å². The lowest BCUT2D eigenvalue weighted by Crippen LogP contribution is -2.55. The molecule has 3 heterocycles. The Morgan fingerprint density at radius 1 is 1.09 bits per heavy atom. The molecule has 3 aliphatic heterocycles. The van der Waals surface area contributed by atoms with Crippen LogP contribution in [0.15, 0.2) is 0 Å². The molecule has 0 spiro atoms. The Kier molecular flexibility index (Phi) is 8.39. The molecular weight excluding hydrogens is 406 g/mol. The number of hydrogen-bond donors (Lipinski definition) is 5. The highest BCUT2D eigenvalue weighted by molar-refractivity contribution is 5.84. The Hall–Kier alpha value is -1.26. The number of hydrazine groups is 1. The van der Waals surface area contributed by atoms with Gasteiger partial charge >= 0.3 is 0 Å². The number of nitrogens with zero attached hydrogens (tertiary/aromatic N) is 2. The highest BCUT2D eigenvalue weighted by Gasteiger charge is 2.35. The van der Waals surface area contributed by atoms with Crippen LogP contribution in [0.4, 0.5) is 0 Å².